The Morgan fingerprint density at radius 1 is 1.50 bits per heavy atom. The predicted octanol–water partition coefficient (Wildman–Crippen LogP) is 2.15. The molecule has 0 radical (unpaired) electrons. The molecule has 0 unspecified atom stereocenters. The molecule has 0 amide bonds. The van der Waals surface area contributed by atoms with Crippen molar-refractivity contribution in [3.63, 3.8) is 0 Å². The van der Waals surface area contributed by atoms with Gasteiger partial charge in [-0.25, -0.2) is 0 Å². The van der Waals surface area contributed by atoms with Crippen LogP contribution in [0.25, 0.3) is 0 Å². The maximum atomic E-state index is 10.7. The van der Waals surface area contributed by atoms with E-state index in [0.29, 0.717) is 5.92 Å². The molecule has 2 atom stereocenters. The van der Waals surface area contributed by atoms with Crippen LogP contribution in [-0.4, -0.2) is 12.1 Å². The first-order valence-electron chi connectivity index (χ1n) is 4.30. The molecule has 1 aliphatic carbocycles. The third kappa shape index (κ3) is 1.52. The van der Waals surface area contributed by atoms with Gasteiger partial charge in [-0.15, -0.1) is 0 Å². The second kappa shape index (κ2) is 2.92. The predicted molar refractivity (Wildman–Crippen MR) is 47.6 cm³/mol. The average Bonchev–Trinajstić information content (AvgIpc) is 2.39. The number of carbonyl (C=O) groups excluding carboxylic acids is 1. The Kier molecular flexibility index (Phi) is 2.27. The Balaban J connectivity index is 2.54. The summed E-state index contributed by atoms with van der Waals surface area (Å²) in [6.45, 7) is 7.68. The largest absolute Gasteiger partial charge is 0.461 e. The fourth-order valence-corrected chi connectivity index (χ4v) is 1.59. The van der Waals surface area contributed by atoms with Gasteiger partial charge in [0.2, 0.25) is 0 Å². The molecule has 0 spiro atoms. The molecule has 0 N–H and O–H groups in total. The van der Waals surface area contributed by atoms with E-state index in [4.69, 9.17) is 4.74 Å². The second-order valence-electron chi connectivity index (χ2n) is 3.90. The minimum absolute atomic E-state index is 0.0891. The fraction of sp³-hybridized carbons (Fsp3) is 0.700. The summed E-state index contributed by atoms with van der Waals surface area (Å²) in [5, 5.41) is 0. The van der Waals surface area contributed by atoms with Gasteiger partial charge in [-0.3, -0.25) is 4.79 Å². The van der Waals surface area contributed by atoms with Crippen molar-refractivity contribution >= 4 is 5.97 Å². The van der Waals surface area contributed by atoms with Gasteiger partial charge in [-0.05, 0) is 6.92 Å². The maximum Gasteiger partial charge on any atom is 0.302 e. The third-order valence-electron chi connectivity index (χ3n) is 2.50. The number of hydrogen-bond acceptors (Lipinski definition) is 2. The van der Waals surface area contributed by atoms with Gasteiger partial charge in [0.05, 0.1) is 0 Å². The molecule has 12 heavy (non-hydrogen) atoms. The highest BCUT2D eigenvalue weighted by molar-refractivity contribution is 5.66. The fourth-order valence-electron chi connectivity index (χ4n) is 1.59. The lowest BCUT2D eigenvalue weighted by molar-refractivity contribution is -0.143. The van der Waals surface area contributed by atoms with E-state index < -0.39 is 0 Å². The SMILES string of the molecule is CC=C[C@H]1[C@@H](OC(C)=O)C1(C)C. The molecule has 1 saturated carbocycles. The molecular formula is C10H16O2. The Bertz CT molecular complexity index is 216. The smallest absolute Gasteiger partial charge is 0.302 e. The molecule has 0 aromatic heterocycles. The minimum Gasteiger partial charge on any atom is -0.461 e. The molecule has 0 aromatic carbocycles. The molecule has 1 aliphatic rings. The van der Waals surface area contributed by atoms with Crippen LogP contribution in [-0.2, 0) is 9.53 Å². The van der Waals surface area contributed by atoms with Crippen molar-refractivity contribution in [2.75, 3.05) is 0 Å². The third-order valence-corrected chi connectivity index (χ3v) is 2.50. The average molecular weight is 168 g/mol. The van der Waals surface area contributed by atoms with E-state index >= 15 is 0 Å². The summed E-state index contributed by atoms with van der Waals surface area (Å²) in [5.74, 6) is 0.228. The lowest BCUT2D eigenvalue weighted by Crippen LogP contribution is -2.06. The van der Waals surface area contributed by atoms with Crippen LogP contribution in [0, 0.1) is 11.3 Å². The molecule has 0 heterocycles. The zero-order valence-electron chi connectivity index (χ0n) is 8.13. The van der Waals surface area contributed by atoms with Gasteiger partial charge >= 0.3 is 5.97 Å². The van der Waals surface area contributed by atoms with Crippen molar-refractivity contribution in [1.29, 1.82) is 0 Å². The summed E-state index contributed by atoms with van der Waals surface area (Å²) in [6, 6.07) is 0. The van der Waals surface area contributed by atoms with Crippen molar-refractivity contribution in [1.82, 2.24) is 0 Å². The maximum absolute atomic E-state index is 10.7. The van der Waals surface area contributed by atoms with Crippen molar-refractivity contribution in [2.24, 2.45) is 11.3 Å². The first-order chi connectivity index (χ1) is 5.50. The summed E-state index contributed by atoms with van der Waals surface area (Å²) >= 11 is 0. The molecule has 2 nitrogen and oxygen atoms in total. The van der Waals surface area contributed by atoms with Crippen LogP contribution in [0.4, 0.5) is 0 Å². The Morgan fingerprint density at radius 3 is 2.50 bits per heavy atom. The molecule has 68 valence electrons. The van der Waals surface area contributed by atoms with Gasteiger partial charge in [0, 0.05) is 18.3 Å². The Labute approximate surface area is 73.6 Å². The van der Waals surface area contributed by atoms with E-state index in [1.165, 1.54) is 6.92 Å². The lowest BCUT2D eigenvalue weighted by Gasteiger charge is -2.01. The number of allylic oxidation sites excluding steroid dienone is 1. The van der Waals surface area contributed by atoms with Crippen molar-refractivity contribution in [2.45, 2.75) is 33.8 Å². The van der Waals surface area contributed by atoms with Crippen LogP contribution in [0.3, 0.4) is 0 Å². The summed E-state index contributed by atoms with van der Waals surface area (Å²) < 4.78 is 5.15. The van der Waals surface area contributed by atoms with Crippen molar-refractivity contribution < 1.29 is 9.53 Å². The van der Waals surface area contributed by atoms with Crippen molar-refractivity contribution in [3.05, 3.63) is 12.2 Å². The van der Waals surface area contributed by atoms with Crippen LogP contribution >= 0.6 is 0 Å². The first-order valence-corrected chi connectivity index (χ1v) is 4.30. The quantitative estimate of drug-likeness (QED) is 0.466. The molecule has 1 rings (SSSR count). The molecule has 0 bridgehead atoms. The van der Waals surface area contributed by atoms with Gasteiger partial charge in [-0.1, -0.05) is 26.0 Å². The van der Waals surface area contributed by atoms with E-state index in [2.05, 4.69) is 19.9 Å². The number of esters is 1. The van der Waals surface area contributed by atoms with Crippen LogP contribution < -0.4 is 0 Å². The standard InChI is InChI=1S/C10H16O2/c1-5-6-8-9(10(8,3)4)12-7(2)11/h5-6,8-9H,1-4H3/t8-,9+/m0/s1. The zero-order valence-corrected chi connectivity index (χ0v) is 8.13. The molecule has 0 aromatic rings. The Hall–Kier alpha value is -0.790. The van der Waals surface area contributed by atoms with Gasteiger partial charge in [0.25, 0.3) is 0 Å². The zero-order chi connectivity index (χ0) is 9.35. The van der Waals surface area contributed by atoms with Crippen LogP contribution in [0.15, 0.2) is 12.2 Å². The van der Waals surface area contributed by atoms with E-state index in [0.717, 1.165) is 0 Å². The van der Waals surface area contributed by atoms with Gasteiger partial charge in [-0.2, -0.15) is 0 Å². The van der Waals surface area contributed by atoms with Gasteiger partial charge in [0.1, 0.15) is 6.10 Å². The van der Waals surface area contributed by atoms with E-state index in [1.54, 1.807) is 0 Å². The molecule has 0 saturated heterocycles. The minimum atomic E-state index is -0.180. The normalized spacial score (nSPS) is 32.0. The van der Waals surface area contributed by atoms with Crippen LogP contribution in [0.5, 0.6) is 0 Å². The number of ether oxygens (including phenoxy) is 1. The summed E-state index contributed by atoms with van der Waals surface area (Å²) in [7, 11) is 0. The molecular weight excluding hydrogens is 152 g/mol. The first kappa shape index (κ1) is 9.30. The molecule has 0 aliphatic heterocycles. The van der Waals surface area contributed by atoms with Gasteiger partial charge < -0.3 is 4.74 Å². The van der Waals surface area contributed by atoms with Crippen LogP contribution in [0.2, 0.25) is 0 Å². The highest BCUT2D eigenvalue weighted by atomic mass is 16.5. The number of hydrogen-bond donors (Lipinski definition) is 0. The number of rotatable bonds is 2. The van der Waals surface area contributed by atoms with E-state index in [1.807, 2.05) is 13.0 Å². The molecule has 1 fully saturated rings. The Morgan fingerprint density at radius 2 is 2.08 bits per heavy atom. The highest BCUT2D eigenvalue weighted by Gasteiger charge is 2.59. The summed E-state index contributed by atoms with van der Waals surface area (Å²) in [4.78, 5) is 10.7. The van der Waals surface area contributed by atoms with E-state index in [9.17, 15) is 4.79 Å². The lowest BCUT2D eigenvalue weighted by atomic mass is 10.1. The second-order valence-corrected chi connectivity index (χ2v) is 3.90. The van der Waals surface area contributed by atoms with E-state index in [-0.39, 0.29) is 17.5 Å². The number of carbonyl (C=O) groups is 1. The topological polar surface area (TPSA) is 26.3 Å². The monoisotopic (exact) mass is 168 g/mol. The highest BCUT2D eigenvalue weighted by Crippen LogP contribution is 2.54. The molecule has 2 heteroatoms. The van der Waals surface area contributed by atoms with Crippen molar-refractivity contribution in [3.8, 4) is 0 Å². The van der Waals surface area contributed by atoms with Gasteiger partial charge in [0.15, 0.2) is 0 Å². The summed E-state index contributed by atoms with van der Waals surface area (Å²) in [5.41, 5.74) is 0.137. The van der Waals surface area contributed by atoms with Crippen LogP contribution in [0.1, 0.15) is 27.7 Å². The summed E-state index contributed by atoms with van der Waals surface area (Å²) in [6.07, 6.45) is 4.20.